The first kappa shape index (κ1) is 12.2. The molecule has 1 N–H and O–H groups in total. The molecule has 0 aliphatic carbocycles. The molecule has 0 heterocycles. The van der Waals surface area contributed by atoms with Crippen LogP contribution in [0.15, 0.2) is 0 Å². The largest absolute Gasteiger partial charge is 0.340 e. The Morgan fingerprint density at radius 2 is 2.17 bits per heavy atom. The van der Waals surface area contributed by atoms with Crippen molar-refractivity contribution < 1.29 is 4.79 Å². The van der Waals surface area contributed by atoms with Crippen molar-refractivity contribution in [1.29, 1.82) is 5.26 Å². The first-order valence-corrected chi connectivity index (χ1v) is 4.78. The van der Waals surface area contributed by atoms with Crippen LogP contribution < -0.4 is 5.32 Å². The first-order chi connectivity index (χ1) is 5.38. The van der Waals surface area contributed by atoms with E-state index in [0.29, 0.717) is 11.8 Å². The van der Waals surface area contributed by atoms with Crippen LogP contribution in [0, 0.1) is 10.7 Å². The minimum Gasteiger partial charge on any atom is -0.340 e. The van der Waals surface area contributed by atoms with E-state index in [0.717, 1.165) is 0 Å². The highest BCUT2D eigenvalue weighted by Crippen LogP contribution is 2.35. The van der Waals surface area contributed by atoms with Crippen LogP contribution in [-0.4, -0.2) is 15.1 Å². The van der Waals surface area contributed by atoms with Crippen LogP contribution in [0.1, 0.15) is 6.92 Å². The third-order valence-electron chi connectivity index (χ3n) is 0.802. The fraction of sp³-hybridized carbons (Fsp3) is 0.600. The Morgan fingerprint density at radius 1 is 1.67 bits per heavy atom. The zero-order chi connectivity index (χ0) is 9.78. The number of alkyl halides is 3. The predicted octanol–water partition coefficient (Wildman–Crippen LogP) is 2.03. The molecule has 0 saturated heterocycles. The van der Waals surface area contributed by atoms with E-state index in [9.17, 15) is 4.79 Å². The van der Waals surface area contributed by atoms with E-state index in [1.807, 2.05) is 0 Å². The van der Waals surface area contributed by atoms with Crippen LogP contribution in [0.25, 0.3) is 0 Å². The first-order valence-electron chi connectivity index (χ1n) is 2.76. The molecule has 0 radical (unpaired) electrons. The van der Waals surface area contributed by atoms with Gasteiger partial charge in [-0.2, -0.15) is 5.26 Å². The van der Waals surface area contributed by atoms with Gasteiger partial charge in [0, 0.05) is 6.92 Å². The lowest BCUT2D eigenvalue weighted by Crippen LogP contribution is -2.39. The second-order valence-corrected chi connectivity index (χ2v) is 5.09. The maximum absolute atomic E-state index is 10.6. The van der Waals surface area contributed by atoms with Gasteiger partial charge in [-0.15, -0.1) is 0 Å². The van der Waals surface area contributed by atoms with Crippen LogP contribution in [0.3, 0.4) is 0 Å². The van der Waals surface area contributed by atoms with Gasteiger partial charge in [0.2, 0.25) is 9.70 Å². The Labute approximate surface area is 89.3 Å². The van der Waals surface area contributed by atoms with Gasteiger partial charge in [-0.05, 0) is 11.8 Å². The molecule has 68 valence electrons. The summed E-state index contributed by atoms with van der Waals surface area (Å²) in [5, 5.41) is 11.5. The van der Waals surface area contributed by atoms with E-state index < -0.39 is 9.17 Å². The summed E-state index contributed by atoms with van der Waals surface area (Å²) in [5.74, 6) is -0.353. The van der Waals surface area contributed by atoms with Crippen molar-refractivity contribution in [2.45, 2.75) is 16.1 Å². The number of nitrogens with zero attached hydrogens (tertiary/aromatic N) is 1. The van der Waals surface area contributed by atoms with Crippen molar-refractivity contribution in [2.24, 2.45) is 0 Å². The normalized spacial score (nSPS) is 13.2. The number of thioether (sulfide) groups is 1. The molecule has 0 spiro atoms. The van der Waals surface area contributed by atoms with E-state index in [4.69, 9.17) is 40.1 Å². The number of carbonyl (C=O) groups is 1. The topological polar surface area (TPSA) is 52.9 Å². The number of carbonyl (C=O) groups excluding carboxylic acids is 1. The summed E-state index contributed by atoms with van der Waals surface area (Å²) in [6.45, 7) is 1.28. The molecule has 0 fully saturated rings. The fourth-order valence-electron chi connectivity index (χ4n) is 0.415. The lowest BCUT2D eigenvalue weighted by atomic mass is 10.6. The number of nitrogens with one attached hydrogen (secondary N) is 1. The molecule has 12 heavy (non-hydrogen) atoms. The summed E-state index contributed by atoms with van der Waals surface area (Å²) in [7, 11) is 0. The Bertz CT molecular complexity index is 210. The van der Waals surface area contributed by atoms with Gasteiger partial charge < -0.3 is 5.32 Å². The highest BCUT2D eigenvalue weighted by Gasteiger charge is 2.33. The second-order valence-electron chi connectivity index (χ2n) is 1.83. The number of amides is 1. The zero-order valence-electron chi connectivity index (χ0n) is 5.97. The molecule has 0 unspecified atom stereocenters. The minimum atomic E-state index is -1.67. The number of nitriles is 1. The monoisotopic (exact) mass is 246 g/mol. The number of hydrogen-bond acceptors (Lipinski definition) is 3. The number of hydrogen-bond donors (Lipinski definition) is 1. The maximum atomic E-state index is 10.6. The maximum Gasteiger partial charge on any atom is 0.220 e. The molecule has 0 aromatic carbocycles. The Morgan fingerprint density at radius 3 is 2.42 bits per heavy atom. The Kier molecular flexibility index (Phi) is 5.10. The summed E-state index contributed by atoms with van der Waals surface area (Å²) in [5.41, 5.74) is 0. The molecule has 0 bridgehead atoms. The summed E-state index contributed by atoms with van der Waals surface area (Å²) < 4.78 is -1.67. The summed E-state index contributed by atoms with van der Waals surface area (Å²) in [6, 6.07) is 0. The molecule has 0 aliphatic rings. The van der Waals surface area contributed by atoms with Crippen molar-refractivity contribution in [3.8, 4) is 5.40 Å². The molecule has 0 saturated carbocycles. The molecule has 1 amide bonds. The van der Waals surface area contributed by atoms with Crippen LogP contribution >= 0.6 is 46.6 Å². The van der Waals surface area contributed by atoms with E-state index in [-0.39, 0.29) is 5.91 Å². The van der Waals surface area contributed by atoms with Gasteiger partial charge >= 0.3 is 0 Å². The van der Waals surface area contributed by atoms with Crippen LogP contribution in [0.2, 0.25) is 0 Å². The molecular weight excluding hydrogens is 242 g/mol. The van der Waals surface area contributed by atoms with E-state index in [2.05, 4.69) is 5.32 Å². The average Bonchev–Trinajstić information content (AvgIpc) is 1.83. The van der Waals surface area contributed by atoms with Gasteiger partial charge in [-0.1, -0.05) is 34.8 Å². The van der Waals surface area contributed by atoms with Gasteiger partial charge in [-0.3, -0.25) is 4.79 Å². The van der Waals surface area contributed by atoms with Gasteiger partial charge in [0.1, 0.15) is 10.8 Å². The average molecular weight is 248 g/mol. The standard InChI is InChI=1S/C5H5Cl3N2OS/c1-3(11)10-4(12-2-9)5(6,7)8/h4H,1H3,(H,10,11)/t4-/m0/s1. The fourth-order valence-corrected chi connectivity index (χ4v) is 1.44. The molecule has 0 aromatic heterocycles. The zero-order valence-corrected chi connectivity index (χ0v) is 9.06. The molecule has 3 nitrogen and oxygen atoms in total. The summed E-state index contributed by atoms with van der Waals surface area (Å²) in [6.07, 6.45) is 0. The molecule has 7 heteroatoms. The van der Waals surface area contributed by atoms with Crippen molar-refractivity contribution in [3.63, 3.8) is 0 Å². The van der Waals surface area contributed by atoms with Crippen molar-refractivity contribution in [2.75, 3.05) is 0 Å². The van der Waals surface area contributed by atoms with Crippen LogP contribution in [-0.2, 0) is 4.79 Å². The second kappa shape index (κ2) is 5.03. The van der Waals surface area contributed by atoms with Gasteiger partial charge in [0.25, 0.3) is 0 Å². The van der Waals surface area contributed by atoms with Gasteiger partial charge in [-0.25, -0.2) is 0 Å². The smallest absolute Gasteiger partial charge is 0.220 e. The number of rotatable bonds is 2. The van der Waals surface area contributed by atoms with Crippen molar-refractivity contribution >= 4 is 52.5 Å². The molecular formula is C5H5Cl3N2OS. The minimum absolute atomic E-state index is 0.353. The summed E-state index contributed by atoms with van der Waals surface area (Å²) >= 11 is 17.1. The number of halogens is 3. The predicted molar refractivity (Wildman–Crippen MR) is 51.1 cm³/mol. The lowest BCUT2D eigenvalue weighted by molar-refractivity contribution is -0.119. The molecule has 0 aliphatic heterocycles. The third-order valence-corrected chi connectivity index (χ3v) is 2.66. The Balaban J connectivity index is 4.25. The SMILES string of the molecule is CC(=O)N[C@@H](SC#N)C(Cl)(Cl)Cl. The van der Waals surface area contributed by atoms with E-state index in [1.165, 1.54) is 6.92 Å². The highest BCUT2D eigenvalue weighted by molar-refractivity contribution is 8.04. The highest BCUT2D eigenvalue weighted by atomic mass is 35.6. The number of thiocyanates is 1. The molecule has 1 atom stereocenters. The molecule has 0 aromatic rings. The quantitative estimate of drug-likeness (QED) is 0.461. The van der Waals surface area contributed by atoms with Crippen molar-refractivity contribution in [3.05, 3.63) is 0 Å². The third kappa shape index (κ3) is 4.94. The Hall–Kier alpha value is 0.180. The lowest BCUT2D eigenvalue weighted by Gasteiger charge is -2.20. The van der Waals surface area contributed by atoms with Crippen LogP contribution in [0.4, 0.5) is 0 Å². The van der Waals surface area contributed by atoms with Gasteiger partial charge in [0.15, 0.2) is 0 Å². The van der Waals surface area contributed by atoms with E-state index in [1.54, 1.807) is 5.40 Å². The molecule has 0 rings (SSSR count). The van der Waals surface area contributed by atoms with Crippen LogP contribution in [0.5, 0.6) is 0 Å². The summed E-state index contributed by atoms with van der Waals surface area (Å²) in [4.78, 5) is 10.6. The van der Waals surface area contributed by atoms with E-state index >= 15 is 0 Å². The van der Waals surface area contributed by atoms with Gasteiger partial charge in [0.05, 0.1) is 0 Å². The van der Waals surface area contributed by atoms with Crippen molar-refractivity contribution in [1.82, 2.24) is 5.32 Å².